The molecular weight excluding hydrogens is 248 g/mol. The molecule has 0 radical (unpaired) electrons. The molecule has 0 bridgehead atoms. The number of ether oxygens (including phenoxy) is 3. The number of carbonyl (C=O) groups excluding carboxylic acids is 1. The summed E-state index contributed by atoms with van der Waals surface area (Å²) in [5.41, 5.74) is 0. The van der Waals surface area contributed by atoms with Crippen LogP contribution in [0.15, 0.2) is 0 Å². The van der Waals surface area contributed by atoms with Gasteiger partial charge in [-0.15, -0.1) is 0 Å². The summed E-state index contributed by atoms with van der Waals surface area (Å²) in [6, 6.07) is 0. The van der Waals surface area contributed by atoms with Crippen molar-refractivity contribution in [1.29, 1.82) is 0 Å². The largest absolute Gasteiger partial charge is 0.464 e. The Kier molecular flexibility index (Phi) is 4.15. The molecule has 8 nitrogen and oxygen atoms in total. The lowest BCUT2D eigenvalue weighted by molar-refractivity contribution is -0.308. The van der Waals surface area contributed by atoms with Gasteiger partial charge < -0.3 is 34.6 Å². The molecular formula is C10H16O8. The van der Waals surface area contributed by atoms with Crippen LogP contribution in [0.2, 0.25) is 0 Å². The molecule has 18 heavy (non-hydrogen) atoms. The predicted molar refractivity (Wildman–Crippen MR) is 54.2 cm³/mol. The number of hydrogen-bond acceptors (Lipinski definition) is 8. The molecule has 2 fully saturated rings. The molecule has 0 saturated carbocycles. The van der Waals surface area contributed by atoms with Crippen molar-refractivity contribution in [3.8, 4) is 0 Å². The minimum atomic E-state index is -1.52. The summed E-state index contributed by atoms with van der Waals surface area (Å²) in [7, 11) is 0. The molecule has 2 aliphatic rings. The smallest absolute Gasteiger partial charge is 0.335 e. The van der Waals surface area contributed by atoms with Gasteiger partial charge in [-0.25, -0.2) is 4.79 Å². The summed E-state index contributed by atoms with van der Waals surface area (Å²) < 4.78 is 15.0. The number of carbonyl (C=O) groups is 1. The van der Waals surface area contributed by atoms with Crippen molar-refractivity contribution in [2.24, 2.45) is 0 Å². The third-order valence-electron chi connectivity index (χ3n) is 3.03. The molecule has 8 heteroatoms. The van der Waals surface area contributed by atoms with Crippen LogP contribution in [-0.4, -0.2) is 76.4 Å². The number of esters is 1. The van der Waals surface area contributed by atoms with E-state index >= 15 is 0 Å². The first kappa shape index (κ1) is 13.7. The van der Waals surface area contributed by atoms with E-state index in [0.29, 0.717) is 6.42 Å². The zero-order chi connectivity index (χ0) is 13.3. The molecule has 0 aromatic rings. The average Bonchev–Trinajstić information content (AvgIpc) is 2.76. The lowest BCUT2D eigenvalue weighted by Crippen LogP contribution is -2.59. The van der Waals surface area contributed by atoms with Gasteiger partial charge in [-0.2, -0.15) is 0 Å². The van der Waals surface area contributed by atoms with E-state index in [9.17, 15) is 20.1 Å². The van der Waals surface area contributed by atoms with Crippen LogP contribution >= 0.6 is 0 Å². The predicted octanol–water partition coefficient (Wildman–Crippen LogP) is -2.88. The molecule has 0 aliphatic carbocycles. The molecule has 0 aromatic carbocycles. The number of hydrogen-bond donors (Lipinski definition) is 4. The Labute approximate surface area is 103 Å². The molecule has 2 saturated heterocycles. The van der Waals surface area contributed by atoms with Crippen LogP contribution in [0.1, 0.15) is 6.42 Å². The van der Waals surface area contributed by atoms with E-state index in [2.05, 4.69) is 4.74 Å². The lowest BCUT2D eigenvalue weighted by atomic mass is 9.99. The van der Waals surface area contributed by atoms with Crippen molar-refractivity contribution < 1.29 is 39.4 Å². The molecule has 0 spiro atoms. The zero-order valence-corrected chi connectivity index (χ0v) is 9.51. The summed E-state index contributed by atoms with van der Waals surface area (Å²) in [5, 5.41) is 37.7. The maximum Gasteiger partial charge on any atom is 0.335 e. The van der Waals surface area contributed by atoms with Crippen molar-refractivity contribution >= 4 is 5.97 Å². The van der Waals surface area contributed by atoms with E-state index in [4.69, 9.17) is 14.6 Å². The summed E-state index contributed by atoms with van der Waals surface area (Å²) in [6.07, 6.45) is -7.35. The quantitative estimate of drug-likeness (QED) is 0.400. The summed E-state index contributed by atoms with van der Waals surface area (Å²) >= 11 is 0. The highest BCUT2D eigenvalue weighted by atomic mass is 16.7. The van der Waals surface area contributed by atoms with Crippen molar-refractivity contribution in [2.45, 2.75) is 43.2 Å². The van der Waals surface area contributed by atoms with E-state index in [0.717, 1.165) is 0 Å². The molecule has 2 unspecified atom stereocenters. The Morgan fingerprint density at radius 2 is 1.94 bits per heavy atom. The second kappa shape index (κ2) is 5.47. The maximum absolute atomic E-state index is 11.2. The van der Waals surface area contributed by atoms with Gasteiger partial charge in [0.15, 0.2) is 12.4 Å². The van der Waals surface area contributed by atoms with Crippen LogP contribution < -0.4 is 0 Å². The van der Waals surface area contributed by atoms with Crippen molar-refractivity contribution in [3.05, 3.63) is 0 Å². The molecule has 6 atom stereocenters. The second-order valence-corrected chi connectivity index (χ2v) is 4.28. The lowest BCUT2D eigenvalue weighted by Gasteiger charge is -2.40. The highest BCUT2D eigenvalue weighted by molar-refractivity contribution is 5.76. The van der Waals surface area contributed by atoms with Crippen LogP contribution in [0.5, 0.6) is 0 Å². The van der Waals surface area contributed by atoms with Crippen LogP contribution in [0.25, 0.3) is 0 Å². The number of cyclic esters (lactones) is 1. The molecule has 2 aliphatic heterocycles. The summed E-state index contributed by atoms with van der Waals surface area (Å²) in [6.45, 7) is -0.319. The van der Waals surface area contributed by atoms with Gasteiger partial charge in [0.05, 0.1) is 13.2 Å². The molecule has 4 N–H and O–H groups in total. The number of rotatable bonds is 3. The van der Waals surface area contributed by atoms with E-state index in [1.54, 1.807) is 0 Å². The van der Waals surface area contributed by atoms with Gasteiger partial charge in [-0.05, 0) is 0 Å². The van der Waals surface area contributed by atoms with Crippen molar-refractivity contribution in [2.75, 3.05) is 13.2 Å². The first-order valence-electron chi connectivity index (χ1n) is 5.67. The van der Waals surface area contributed by atoms with Crippen LogP contribution in [0.3, 0.4) is 0 Å². The van der Waals surface area contributed by atoms with Crippen LogP contribution in [0, 0.1) is 0 Å². The Balaban J connectivity index is 2.00. The fraction of sp³-hybridized carbons (Fsp3) is 0.900. The molecule has 0 amide bonds. The first-order valence-corrected chi connectivity index (χ1v) is 5.67. The molecule has 0 aromatic heterocycles. The number of aliphatic hydroxyl groups excluding tert-OH is 4. The Hall–Kier alpha value is -0.770. The second-order valence-electron chi connectivity index (χ2n) is 4.28. The van der Waals surface area contributed by atoms with Gasteiger partial charge in [0.2, 0.25) is 0 Å². The van der Waals surface area contributed by atoms with Gasteiger partial charge >= 0.3 is 5.97 Å². The standard InChI is InChI=1S/C10H16O8/c11-3-5-6(12)7(13)8(14)10(18-5)17-4-1-2-16-9(4)15/h4-8,10-14H,1-3H2/t4?,5-,6-,7+,8-,10?/m1/s1. The third kappa shape index (κ3) is 2.48. The summed E-state index contributed by atoms with van der Waals surface area (Å²) in [4.78, 5) is 11.2. The highest BCUT2D eigenvalue weighted by Crippen LogP contribution is 2.24. The van der Waals surface area contributed by atoms with E-state index in [-0.39, 0.29) is 6.61 Å². The van der Waals surface area contributed by atoms with Gasteiger partial charge in [-0.3, -0.25) is 0 Å². The molecule has 2 heterocycles. The van der Waals surface area contributed by atoms with Crippen LogP contribution in [-0.2, 0) is 19.0 Å². The Morgan fingerprint density at radius 3 is 2.50 bits per heavy atom. The van der Waals surface area contributed by atoms with Gasteiger partial charge in [-0.1, -0.05) is 0 Å². The van der Waals surface area contributed by atoms with E-state index in [1.165, 1.54) is 0 Å². The maximum atomic E-state index is 11.2. The zero-order valence-electron chi connectivity index (χ0n) is 9.51. The summed E-state index contributed by atoms with van der Waals surface area (Å²) in [5.74, 6) is -0.563. The minimum Gasteiger partial charge on any atom is -0.464 e. The fourth-order valence-corrected chi connectivity index (χ4v) is 1.94. The van der Waals surface area contributed by atoms with Crippen LogP contribution in [0.4, 0.5) is 0 Å². The molecule has 2 rings (SSSR count). The Bertz CT molecular complexity index is 306. The van der Waals surface area contributed by atoms with Crippen molar-refractivity contribution in [3.63, 3.8) is 0 Å². The van der Waals surface area contributed by atoms with Crippen molar-refractivity contribution in [1.82, 2.24) is 0 Å². The highest BCUT2D eigenvalue weighted by Gasteiger charge is 2.46. The SMILES string of the molecule is O=C1OCCC1OC1O[C@H](CO)[C@@H](O)[C@H](O)[C@H]1O. The third-order valence-corrected chi connectivity index (χ3v) is 3.03. The average molecular weight is 264 g/mol. The fourth-order valence-electron chi connectivity index (χ4n) is 1.94. The molecule has 104 valence electrons. The van der Waals surface area contributed by atoms with Gasteiger partial charge in [0, 0.05) is 6.42 Å². The van der Waals surface area contributed by atoms with Gasteiger partial charge in [0.1, 0.15) is 24.4 Å². The Morgan fingerprint density at radius 1 is 1.22 bits per heavy atom. The van der Waals surface area contributed by atoms with E-state index in [1.807, 2.05) is 0 Å². The first-order chi connectivity index (χ1) is 8.54. The van der Waals surface area contributed by atoms with Gasteiger partial charge in [0.25, 0.3) is 0 Å². The van der Waals surface area contributed by atoms with E-state index < -0.39 is 49.4 Å². The number of aliphatic hydroxyl groups is 4. The monoisotopic (exact) mass is 264 g/mol. The topological polar surface area (TPSA) is 126 Å². The normalized spacial score (nSPS) is 45.0. The minimum absolute atomic E-state index is 0.223.